The standard InChI is InChI=1S/C7H8.C2H5NO/c1-7-5-3-2-4-6-7;1-2-3-4/h2-6H,1H3;2,4H,1H3/b;3-2+. The lowest BCUT2D eigenvalue weighted by Gasteiger charge is -1.82. The van der Waals surface area contributed by atoms with Crippen molar-refractivity contribution in [3.63, 3.8) is 0 Å². The Kier molecular flexibility index (Phi) is 5.99. The number of aryl methyl sites for hydroxylation is 1. The second-order valence-electron chi connectivity index (χ2n) is 2.03. The van der Waals surface area contributed by atoms with E-state index in [0.29, 0.717) is 0 Å². The van der Waals surface area contributed by atoms with Gasteiger partial charge in [-0.25, -0.2) is 0 Å². The second-order valence-corrected chi connectivity index (χ2v) is 2.03. The Morgan fingerprint density at radius 3 is 1.91 bits per heavy atom. The summed E-state index contributed by atoms with van der Waals surface area (Å²) in [4.78, 5) is 0. The Hall–Kier alpha value is -1.31. The number of benzene rings is 1. The highest BCUT2D eigenvalue weighted by Gasteiger charge is 1.72. The Balaban J connectivity index is 0.000000218. The zero-order valence-corrected chi connectivity index (χ0v) is 6.86. The average Bonchev–Trinajstić information content (AvgIpc) is 2.07. The van der Waals surface area contributed by atoms with Gasteiger partial charge in [0, 0.05) is 6.21 Å². The van der Waals surface area contributed by atoms with Crippen molar-refractivity contribution in [1.29, 1.82) is 0 Å². The molecule has 2 nitrogen and oxygen atoms in total. The molecule has 60 valence electrons. The van der Waals surface area contributed by atoms with Gasteiger partial charge in [-0.1, -0.05) is 35.9 Å². The Labute approximate surface area is 67.2 Å². The number of hydrogen-bond acceptors (Lipinski definition) is 2. The first-order valence-corrected chi connectivity index (χ1v) is 3.45. The summed E-state index contributed by atoms with van der Waals surface area (Å²) in [6, 6.07) is 10.3. The van der Waals surface area contributed by atoms with Crippen LogP contribution < -0.4 is 0 Å². The third-order valence-electron chi connectivity index (χ3n) is 1.06. The molecule has 1 aromatic rings. The van der Waals surface area contributed by atoms with Gasteiger partial charge in [0.05, 0.1) is 0 Å². The van der Waals surface area contributed by atoms with Gasteiger partial charge >= 0.3 is 0 Å². The third-order valence-corrected chi connectivity index (χ3v) is 1.06. The minimum absolute atomic E-state index is 1.31. The van der Waals surface area contributed by atoms with Gasteiger partial charge in [-0.15, -0.1) is 5.16 Å². The first-order chi connectivity index (χ1) is 5.31. The second kappa shape index (κ2) is 6.81. The van der Waals surface area contributed by atoms with E-state index < -0.39 is 0 Å². The Bertz CT molecular complexity index is 190. The van der Waals surface area contributed by atoms with Gasteiger partial charge in [0.1, 0.15) is 0 Å². The molecule has 0 aliphatic carbocycles. The molecule has 11 heavy (non-hydrogen) atoms. The van der Waals surface area contributed by atoms with E-state index in [2.05, 4.69) is 24.2 Å². The van der Waals surface area contributed by atoms with E-state index in [1.54, 1.807) is 6.92 Å². The molecule has 0 saturated carbocycles. The monoisotopic (exact) mass is 151 g/mol. The highest BCUT2D eigenvalue weighted by molar-refractivity contribution is 5.51. The average molecular weight is 151 g/mol. The fourth-order valence-corrected chi connectivity index (χ4v) is 0.534. The van der Waals surface area contributed by atoms with Crippen molar-refractivity contribution in [2.75, 3.05) is 0 Å². The zero-order chi connectivity index (χ0) is 8.53. The molecule has 0 aliphatic rings. The van der Waals surface area contributed by atoms with E-state index in [4.69, 9.17) is 5.21 Å². The van der Waals surface area contributed by atoms with Crippen LogP contribution in [0.4, 0.5) is 0 Å². The molecule has 1 rings (SSSR count). The molecule has 0 aromatic heterocycles. The molecule has 0 atom stereocenters. The first kappa shape index (κ1) is 9.69. The molecule has 2 heteroatoms. The van der Waals surface area contributed by atoms with Crippen LogP contribution in [0.2, 0.25) is 0 Å². The van der Waals surface area contributed by atoms with Crippen LogP contribution in [0.25, 0.3) is 0 Å². The third kappa shape index (κ3) is 6.58. The van der Waals surface area contributed by atoms with Crippen LogP contribution in [-0.2, 0) is 0 Å². The first-order valence-electron chi connectivity index (χ1n) is 3.45. The summed E-state index contributed by atoms with van der Waals surface area (Å²) in [6.45, 7) is 3.72. The minimum atomic E-state index is 1.31. The highest BCUT2D eigenvalue weighted by Crippen LogP contribution is 1.92. The maximum absolute atomic E-state index is 7.44. The molecule has 0 radical (unpaired) electrons. The van der Waals surface area contributed by atoms with E-state index >= 15 is 0 Å². The van der Waals surface area contributed by atoms with Crippen molar-refractivity contribution in [1.82, 2.24) is 0 Å². The summed E-state index contributed by atoms with van der Waals surface area (Å²) in [7, 11) is 0. The summed E-state index contributed by atoms with van der Waals surface area (Å²) in [5, 5.41) is 10.1. The van der Waals surface area contributed by atoms with Crippen LogP contribution in [0.3, 0.4) is 0 Å². The van der Waals surface area contributed by atoms with Crippen LogP contribution >= 0.6 is 0 Å². The molecule has 0 spiro atoms. The van der Waals surface area contributed by atoms with Gasteiger partial charge in [0.15, 0.2) is 0 Å². The van der Waals surface area contributed by atoms with Crippen LogP contribution in [0.5, 0.6) is 0 Å². The molecular weight excluding hydrogens is 138 g/mol. The molecule has 0 fully saturated rings. The summed E-state index contributed by atoms with van der Waals surface area (Å²) in [5.41, 5.74) is 1.32. The van der Waals surface area contributed by atoms with Crippen molar-refractivity contribution in [3.05, 3.63) is 35.9 Å². The van der Waals surface area contributed by atoms with E-state index in [1.165, 1.54) is 11.8 Å². The van der Waals surface area contributed by atoms with Crippen LogP contribution in [0.1, 0.15) is 12.5 Å². The molecule has 0 aliphatic heterocycles. The van der Waals surface area contributed by atoms with Gasteiger partial charge < -0.3 is 5.21 Å². The fraction of sp³-hybridized carbons (Fsp3) is 0.222. The van der Waals surface area contributed by atoms with Crippen molar-refractivity contribution in [2.45, 2.75) is 13.8 Å². The van der Waals surface area contributed by atoms with Crippen LogP contribution in [0.15, 0.2) is 35.5 Å². The summed E-state index contributed by atoms with van der Waals surface area (Å²) in [6.07, 6.45) is 1.31. The van der Waals surface area contributed by atoms with Crippen molar-refractivity contribution in [3.8, 4) is 0 Å². The Morgan fingerprint density at radius 1 is 1.27 bits per heavy atom. The van der Waals surface area contributed by atoms with Crippen LogP contribution in [0, 0.1) is 6.92 Å². The van der Waals surface area contributed by atoms with Gasteiger partial charge in [-0.2, -0.15) is 0 Å². The molecule has 0 heterocycles. The normalized spacial score (nSPS) is 8.91. The predicted octanol–water partition coefficient (Wildman–Crippen LogP) is 2.46. The molecule has 1 aromatic carbocycles. The van der Waals surface area contributed by atoms with Gasteiger partial charge in [-0.05, 0) is 13.8 Å². The van der Waals surface area contributed by atoms with Gasteiger partial charge in [0.25, 0.3) is 0 Å². The number of hydrogen-bond donors (Lipinski definition) is 1. The van der Waals surface area contributed by atoms with Crippen molar-refractivity contribution >= 4 is 6.21 Å². The molecule has 0 unspecified atom stereocenters. The summed E-state index contributed by atoms with van der Waals surface area (Å²) < 4.78 is 0. The maximum Gasteiger partial charge on any atom is 0.0404 e. The lowest BCUT2D eigenvalue weighted by Crippen LogP contribution is -1.62. The Morgan fingerprint density at radius 2 is 1.73 bits per heavy atom. The molecule has 0 bridgehead atoms. The smallest absolute Gasteiger partial charge is 0.0404 e. The van der Waals surface area contributed by atoms with E-state index in [0.717, 1.165) is 0 Å². The molecular formula is C9H13NO. The minimum Gasteiger partial charge on any atom is -0.411 e. The van der Waals surface area contributed by atoms with Gasteiger partial charge in [0.2, 0.25) is 0 Å². The molecule has 0 amide bonds. The van der Waals surface area contributed by atoms with Crippen molar-refractivity contribution in [2.24, 2.45) is 5.16 Å². The highest BCUT2D eigenvalue weighted by atomic mass is 16.4. The lowest BCUT2D eigenvalue weighted by molar-refractivity contribution is 0.321. The van der Waals surface area contributed by atoms with E-state index in [-0.39, 0.29) is 0 Å². The number of nitrogens with zero attached hydrogens (tertiary/aromatic N) is 1. The SMILES string of the molecule is C/C=N/O.Cc1ccccc1. The number of rotatable bonds is 0. The quantitative estimate of drug-likeness (QED) is 0.345. The summed E-state index contributed by atoms with van der Waals surface area (Å²) in [5.74, 6) is 0. The van der Waals surface area contributed by atoms with E-state index in [9.17, 15) is 0 Å². The maximum atomic E-state index is 7.44. The topological polar surface area (TPSA) is 32.6 Å². The number of oxime groups is 1. The largest absolute Gasteiger partial charge is 0.411 e. The summed E-state index contributed by atoms with van der Waals surface area (Å²) >= 11 is 0. The zero-order valence-electron chi connectivity index (χ0n) is 6.86. The van der Waals surface area contributed by atoms with Crippen molar-refractivity contribution < 1.29 is 5.21 Å². The molecule has 1 N–H and O–H groups in total. The molecule has 0 saturated heterocycles. The predicted molar refractivity (Wildman–Crippen MR) is 47.1 cm³/mol. The van der Waals surface area contributed by atoms with Gasteiger partial charge in [-0.3, -0.25) is 0 Å². The fourth-order valence-electron chi connectivity index (χ4n) is 0.534. The van der Waals surface area contributed by atoms with Crippen LogP contribution in [-0.4, -0.2) is 11.4 Å². The lowest BCUT2D eigenvalue weighted by atomic mass is 10.2. The van der Waals surface area contributed by atoms with E-state index in [1.807, 2.05) is 18.2 Å².